The average Bonchev–Trinajstić information content (AvgIpc) is 3.75. The summed E-state index contributed by atoms with van der Waals surface area (Å²) in [6.07, 6.45) is 10.5. The van der Waals surface area contributed by atoms with E-state index in [0.717, 1.165) is 45.1 Å². The summed E-state index contributed by atoms with van der Waals surface area (Å²) < 4.78 is 34.3. The molecule has 14 nitrogen and oxygen atoms in total. The van der Waals surface area contributed by atoms with Crippen LogP contribution >= 0.6 is 0 Å². The van der Waals surface area contributed by atoms with Crippen LogP contribution in [0.2, 0.25) is 0 Å². The van der Waals surface area contributed by atoms with Gasteiger partial charge in [-0.2, -0.15) is 0 Å². The number of imide groups is 1. The van der Waals surface area contributed by atoms with E-state index < -0.39 is 65.9 Å². The van der Waals surface area contributed by atoms with Crippen LogP contribution in [0.1, 0.15) is 85.5 Å². The molecule has 3 aliphatic heterocycles. The van der Waals surface area contributed by atoms with E-state index in [1.54, 1.807) is 19.1 Å². The number of amides is 3. The van der Waals surface area contributed by atoms with Gasteiger partial charge in [0.2, 0.25) is 17.5 Å². The Balaban J connectivity index is 1.81. The van der Waals surface area contributed by atoms with Crippen LogP contribution in [0, 0.1) is 0 Å². The van der Waals surface area contributed by atoms with Gasteiger partial charge >= 0.3 is 18.0 Å². The largest absolute Gasteiger partial charge is 0.465 e. The molecule has 0 aromatic carbocycles. The van der Waals surface area contributed by atoms with Crippen LogP contribution in [-0.2, 0) is 52.4 Å². The number of esters is 2. The summed E-state index contributed by atoms with van der Waals surface area (Å²) in [5.74, 6) is -2.78. The molecule has 0 aliphatic carbocycles. The summed E-state index contributed by atoms with van der Waals surface area (Å²) in [6, 6.07) is 0. The van der Waals surface area contributed by atoms with Crippen molar-refractivity contribution in [3.8, 4) is 0 Å². The summed E-state index contributed by atoms with van der Waals surface area (Å²) >= 11 is 0. The van der Waals surface area contributed by atoms with E-state index in [-0.39, 0.29) is 18.7 Å². The number of hydrogen-bond donors (Lipinski definition) is 2. The molecule has 3 rings (SSSR count). The first-order valence-electron chi connectivity index (χ1n) is 17.1. The van der Waals surface area contributed by atoms with Gasteiger partial charge in [0.25, 0.3) is 0 Å². The van der Waals surface area contributed by atoms with Crippen LogP contribution in [0.4, 0.5) is 4.79 Å². The van der Waals surface area contributed by atoms with Crippen molar-refractivity contribution in [2.45, 2.75) is 128 Å². The number of unbranched alkanes of at least 4 members (excludes halogenated alkanes) is 4. The Morgan fingerprint density at radius 1 is 1.04 bits per heavy atom. The van der Waals surface area contributed by atoms with Gasteiger partial charge in [0.15, 0.2) is 18.0 Å². The normalized spacial score (nSPS) is 30.7. The lowest BCUT2D eigenvalue weighted by molar-refractivity contribution is -0.150. The summed E-state index contributed by atoms with van der Waals surface area (Å²) in [7, 11) is 1.27. The Labute approximate surface area is 292 Å². The minimum Gasteiger partial charge on any atom is -0.465 e. The number of carbonyl (C=O) groups excluding carboxylic acids is 6. The number of rotatable bonds is 13. The Bertz CT molecular complexity index is 1350. The number of ether oxygens (including phenoxy) is 6. The van der Waals surface area contributed by atoms with Gasteiger partial charge in [0, 0.05) is 32.6 Å². The third-order valence-electron chi connectivity index (χ3n) is 8.39. The molecule has 0 aromatic rings. The van der Waals surface area contributed by atoms with Crippen molar-refractivity contribution in [2.75, 3.05) is 13.7 Å². The molecule has 0 spiro atoms. The van der Waals surface area contributed by atoms with Gasteiger partial charge in [0.05, 0.1) is 12.7 Å². The number of epoxide rings is 1. The van der Waals surface area contributed by atoms with E-state index in [1.807, 2.05) is 0 Å². The van der Waals surface area contributed by atoms with Crippen LogP contribution in [0.3, 0.4) is 0 Å². The quantitative estimate of drug-likeness (QED) is 0.0931. The lowest BCUT2D eigenvalue weighted by Crippen LogP contribution is -2.53. The van der Waals surface area contributed by atoms with Gasteiger partial charge in [-0.1, -0.05) is 62.5 Å². The number of hydrogen-bond acceptors (Lipinski definition) is 12. The molecular formula is C36H50N2O12. The molecule has 1 unspecified atom stereocenters. The number of ketones is 1. The van der Waals surface area contributed by atoms with Gasteiger partial charge in [-0.05, 0) is 45.6 Å². The number of carbonyl (C=O) groups is 6. The van der Waals surface area contributed by atoms with E-state index in [9.17, 15) is 28.8 Å². The van der Waals surface area contributed by atoms with Crippen molar-refractivity contribution in [2.24, 2.45) is 0 Å². The Hall–Kier alpha value is -4.14. The molecule has 2 fully saturated rings. The standard InChI is InChI=1S/C36H50N2O12/c1-6-7-8-9-10-16-29(42)46-21-14-12-15-26-32(50-35(44)37-25(4)40)34-33(48-26)31-27(47-31)19-18-23(2)22-28(41)38-36(45-5,24(3)39)20-13-11-17-30(43)49-34/h11-13,15,17,20,22,26-27,31-34H,6-10,14,16,18-19,21H2,1-5H3,(H,38,41)(H,37,40,44)/b15-12+,17-11-,20-13+,23-22-/t26-,27+,31-,32-,33+,34-,36?/m0/s1. The number of fused-ring (bicyclic) bond motifs is 3. The lowest BCUT2D eigenvalue weighted by Gasteiger charge is -2.27. The van der Waals surface area contributed by atoms with Gasteiger partial charge in [-0.3, -0.25) is 24.5 Å². The maximum absolute atomic E-state index is 13.1. The molecule has 14 heteroatoms. The summed E-state index contributed by atoms with van der Waals surface area (Å²) in [6.45, 7) is 6.45. The average molecular weight is 703 g/mol. The zero-order valence-electron chi connectivity index (χ0n) is 29.5. The van der Waals surface area contributed by atoms with Gasteiger partial charge in [-0.15, -0.1) is 0 Å². The molecule has 0 saturated carbocycles. The number of alkyl carbamates (subject to hydrolysis) is 1. The monoisotopic (exact) mass is 702 g/mol. The minimum absolute atomic E-state index is 0.139. The molecule has 0 bridgehead atoms. The van der Waals surface area contributed by atoms with E-state index in [0.29, 0.717) is 31.3 Å². The van der Waals surface area contributed by atoms with E-state index in [1.165, 1.54) is 38.3 Å². The van der Waals surface area contributed by atoms with E-state index in [2.05, 4.69) is 17.6 Å². The van der Waals surface area contributed by atoms with Crippen molar-refractivity contribution < 1.29 is 57.2 Å². The van der Waals surface area contributed by atoms with Gasteiger partial charge in [-0.25, -0.2) is 9.59 Å². The zero-order valence-corrected chi connectivity index (χ0v) is 29.5. The van der Waals surface area contributed by atoms with Crippen molar-refractivity contribution >= 4 is 35.6 Å². The molecule has 7 atom stereocenters. The van der Waals surface area contributed by atoms with Gasteiger partial charge in [0.1, 0.15) is 18.3 Å². The SMILES string of the molecule is CCCCCCCC(=O)OCC/C=C/[C@@H]1O[C@H]2[C@@H](OC(=O)/C=C\C=C\C(OC)(C(C)=O)NC(=O)/C=C(/C)CC[C@H]3O[C@H]23)[C@H]1OC(=O)NC(C)=O. The molecule has 276 valence electrons. The lowest BCUT2D eigenvalue weighted by atomic mass is 10.0. The summed E-state index contributed by atoms with van der Waals surface area (Å²) in [4.78, 5) is 74.6. The van der Waals surface area contributed by atoms with Crippen molar-refractivity contribution in [3.63, 3.8) is 0 Å². The first-order chi connectivity index (χ1) is 23.9. The zero-order chi connectivity index (χ0) is 36.7. The molecule has 3 heterocycles. The first kappa shape index (κ1) is 40.3. The third-order valence-corrected chi connectivity index (χ3v) is 8.39. The number of methoxy groups -OCH3 is 1. The Kier molecular flexibility index (Phi) is 16.0. The summed E-state index contributed by atoms with van der Waals surface area (Å²) in [5, 5.41) is 4.63. The molecule has 0 radical (unpaired) electrons. The first-order valence-corrected chi connectivity index (χ1v) is 17.1. The van der Waals surface area contributed by atoms with Crippen molar-refractivity contribution in [1.82, 2.24) is 10.6 Å². The maximum Gasteiger partial charge on any atom is 0.414 e. The fourth-order valence-electron chi connectivity index (χ4n) is 5.68. The topological polar surface area (TPSA) is 185 Å². The van der Waals surface area contributed by atoms with Crippen molar-refractivity contribution in [1.29, 1.82) is 0 Å². The highest BCUT2D eigenvalue weighted by Gasteiger charge is 2.58. The Morgan fingerprint density at radius 2 is 1.80 bits per heavy atom. The molecule has 2 N–H and O–H groups in total. The second-order valence-electron chi connectivity index (χ2n) is 12.5. The number of allylic oxidation sites excluding steroid dienone is 3. The molecule has 2 saturated heterocycles. The van der Waals surface area contributed by atoms with Crippen LogP contribution in [-0.4, -0.2) is 91.7 Å². The molecular weight excluding hydrogens is 652 g/mol. The fourth-order valence-corrected chi connectivity index (χ4v) is 5.68. The molecule has 3 aliphatic rings. The van der Waals surface area contributed by atoms with Crippen LogP contribution in [0.15, 0.2) is 48.1 Å². The smallest absolute Gasteiger partial charge is 0.414 e. The second kappa shape index (κ2) is 19.9. The van der Waals surface area contributed by atoms with E-state index >= 15 is 0 Å². The number of nitrogens with one attached hydrogen (secondary N) is 2. The highest BCUT2D eigenvalue weighted by atomic mass is 16.7. The Morgan fingerprint density at radius 3 is 2.50 bits per heavy atom. The van der Waals surface area contributed by atoms with Crippen LogP contribution in [0.25, 0.3) is 0 Å². The van der Waals surface area contributed by atoms with Gasteiger partial charge < -0.3 is 33.7 Å². The highest BCUT2D eigenvalue weighted by molar-refractivity contribution is 5.96. The predicted molar refractivity (Wildman–Crippen MR) is 179 cm³/mol. The predicted octanol–water partition coefficient (Wildman–Crippen LogP) is 3.82. The van der Waals surface area contributed by atoms with Crippen molar-refractivity contribution in [3.05, 3.63) is 48.1 Å². The molecule has 3 amide bonds. The van der Waals surface area contributed by atoms with Crippen LogP contribution in [0.5, 0.6) is 0 Å². The number of Topliss-reactive ketones (excluding diaryl/α,β-unsaturated/α-hetero) is 1. The fraction of sp³-hybridized carbons (Fsp3) is 0.611. The second-order valence-corrected chi connectivity index (χ2v) is 12.5. The van der Waals surface area contributed by atoms with Crippen LogP contribution < -0.4 is 10.6 Å². The summed E-state index contributed by atoms with van der Waals surface area (Å²) in [5.41, 5.74) is -1.06. The third kappa shape index (κ3) is 12.6. The molecule has 50 heavy (non-hydrogen) atoms. The molecule has 0 aromatic heterocycles. The minimum atomic E-state index is -1.78. The van der Waals surface area contributed by atoms with E-state index in [4.69, 9.17) is 28.4 Å². The maximum atomic E-state index is 13.1. The highest BCUT2D eigenvalue weighted by Crippen LogP contribution is 2.40.